The number of hydrogen-bond acceptors (Lipinski definition) is 3. The standard InChI is InChI=1S/C21H19FN4O/c1-15-5-4-7-18(13-15)25-21(24-14-19-6-2-3-12-23-19)26-20(27)16-8-10-17(22)11-9-16/h2-13H,14H2,1H3,(H2,24,25,26,27). The Labute approximate surface area is 157 Å². The minimum atomic E-state index is -0.395. The highest BCUT2D eigenvalue weighted by molar-refractivity contribution is 6.09. The lowest BCUT2D eigenvalue weighted by atomic mass is 10.2. The molecule has 27 heavy (non-hydrogen) atoms. The van der Waals surface area contributed by atoms with E-state index in [2.05, 4.69) is 20.6 Å². The fraction of sp³-hybridized carbons (Fsp3) is 0.0952. The Kier molecular flexibility index (Phi) is 5.89. The lowest BCUT2D eigenvalue weighted by Gasteiger charge is -2.12. The lowest BCUT2D eigenvalue weighted by Crippen LogP contribution is -2.36. The van der Waals surface area contributed by atoms with Crippen LogP contribution in [0.4, 0.5) is 10.1 Å². The van der Waals surface area contributed by atoms with Crippen molar-refractivity contribution in [1.82, 2.24) is 10.3 Å². The zero-order valence-corrected chi connectivity index (χ0v) is 14.8. The third-order valence-corrected chi connectivity index (χ3v) is 3.74. The van der Waals surface area contributed by atoms with Gasteiger partial charge in [-0.3, -0.25) is 15.1 Å². The number of aliphatic imine (C=N–C) groups is 1. The van der Waals surface area contributed by atoms with Gasteiger partial charge in [0.15, 0.2) is 0 Å². The number of nitrogens with one attached hydrogen (secondary N) is 2. The van der Waals surface area contributed by atoms with Crippen LogP contribution in [0, 0.1) is 12.7 Å². The zero-order valence-electron chi connectivity index (χ0n) is 14.8. The Morgan fingerprint density at radius 3 is 2.59 bits per heavy atom. The van der Waals surface area contributed by atoms with Gasteiger partial charge in [-0.1, -0.05) is 18.2 Å². The largest absolute Gasteiger partial charge is 0.326 e. The van der Waals surface area contributed by atoms with E-state index in [-0.39, 0.29) is 5.91 Å². The molecule has 0 saturated heterocycles. The van der Waals surface area contributed by atoms with E-state index in [1.54, 1.807) is 6.20 Å². The summed E-state index contributed by atoms with van der Waals surface area (Å²) >= 11 is 0. The summed E-state index contributed by atoms with van der Waals surface area (Å²) in [5.74, 6) is -0.482. The number of carbonyl (C=O) groups excluding carboxylic acids is 1. The van der Waals surface area contributed by atoms with Crippen LogP contribution in [0.15, 0.2) is 77.9 Å². The smallest absolute Gasteiger partial charge is 0.257 e. The second-order valence-corrected chi connectivity index (χ2v) is 5.94. The van der Waals surface area contributed by atoms with Gasteiger partial charge in [-0.15, -0.1) is 0 Å². The van der Waals surface area contributed by atoms with E-state index in [1.165, 1.54) is 24.3 Å². The van der Waals surface area contributed by atoms with Crippen LogP contribution in [0.2, 0.25) is 0 Å². The highest BCUT2D eigenvalue weighted by atomic mass is 19.1. The van der Waals surface area contributed by atoms with Crippen LogP contribution in [0.1, 0.15) is 21.6 Å². The SMILES string of the molecule is Cc1cccc(NC(=NCc2ccccn2)NC(=O)c2ccc(F)cc2)c1. The number of guanidine groups is 1. The van der Waals surface area contributed by atoms with E-state index < -0.39 is 5.82 Å². The van der Waals surface area contributed by atoms with E-state index in [0.29, 0.717) is 18.1 Å². The average Bonchev–Trinajstić information content (AvgIpc) is 2.67. The first-order valence-electron chi connectivity index (χ1n) is 8.45. The molecule has 0 atom stereocenters. The Balaban J connectivity index is 1.79. The Morgan fingerprint density at radius 1 is 1.07 bits per heavy atom. The summed E-state index contributed by atoms with van der Waals surface area (Å²) in [5, 5.41) is 5.86. The molecule has 0 unspecified atom stereocenters. The molecule has 6 heteroatoms. The van der Waals surface area contributed by atoms with E-state index >= 15 is 0 Å². The van der Waals surface area contributed by atoms with Gasteiger partial charge in [-0.25, -0.2) is 9.38 Å². The van der Waals surface area contributed by atoms with E-state index in [0.717, 1.165) is 16.9 Å². The molecule has 1 amide bonds. The van der Waals surface area contributed by atoms with Crippen LogP contribution in [0.25, 0.3) is 0 Å². The molecule has 1 aromatic heterocycles. The van der Waals surface area contributed by atoms with E-state index in [4.69, 9.17) is 0 Å². The molecule has 2 N–H and O–H groups in total. The Bertz CT molecular complexity index is 940. The molecule has 0 aliphatic carbocycles. The minimum absolute atomic E-state index is 0.292. The lowest BCUT2D eigenvalue weighted by molar-refractivity contribution is 0.0977. The molecule has 5 nitrogen and oxygen atoms in total. The number of pyridine rings is 1. The first kappa shape index (κ1) is 18.3. The van der Waals surface area contributed by atoms with Crippen molar-refractivity contribution in [2.45, 2.75) is 13.5 Å². The summed E-state index contributed by atoms with van der Waals surface area (Å²) in [5.41, 5.74) is 2.99. The number of halogens is 1. The van der Waals surface area contributed by atoms with Crippen molar-refractivity contribution in [2.24, 2.45) is 4.99 Å². The van der Waals surface area contributed by atoms with Crippen molar-refractivity contribution in [3.05, 3.63) is 95.6 Å². The maximum atomic E-state index is 13.1. The van der Waals surface area contributed by atoms with E-state index in [9.17, 15) is 9.18 Å². The summed E-state index contributed by atoms with van der Waals surface area (Å²) in [4.78, 5) is 21.1. The van der Waals surface area contributed by atoms with Crippen molar-refractivity contribution in [3.63, 3.8) is 0 Å². The molecule has 1 heterocycles. The molecule has 3 aromatic rings. The second kappa shape index (κ2) is 8.71. The maximum absolute atomic E-state index is 13.1. The second-order valence-electron chi connectivity index (χ2n) is 5.94. The van der Waals surface area contributed by atoms with Crippen LogP contribution >= 0.6 is 0 Å². The molecule has 0 fully saturated rings. The molecule has 0 radical (unpaired) electrons. The zero-order chi connectivity index (χ0) is 19.1. The van der Waals surface area contributed by atoms with Gasteiger partial charge >= 0.3 is 0 Å². The van der Waals surface area contributed by atoms with Gasteiger partial charge in [-0.2, -0.15) is 0 Å². The van der Waals surface area contributed by atoms with Crippen molar-refractivity contribution in [2.75, 3.05) is 5.32 Å². The van der Waals surface area contributed by atoms with Gasteiger partial charge in [0.2, 0.25) is 5.96 Å². The number of carbonyl (C=O) groups is 1. The van der Waals surface area contributed by atoms with Crippen molar-refractivity contribution >= 4 is 17.6 Å². The third kappa shape index (κ3) is 5.47. The maximum Gasteiger partial charge on any atom is 0.257 e. The summed E-state index contributed by atoms with van der Waals surface area (Å²) in [6.45, 7) is 2.28. The van der Waals surface area contributed by atoms with Crippen LogP contribution in [0.5, 0.6) is 0 Å². The van der Waals surface area contributed by atoms with Crippen molar-refractivity contribution in [3.8, 4) is 0 Å². The van der Waals surface area contributed by atoms with Crippen LogP contribution in [-0.2, 0) is 6.54 Å². The van der Waals surface area contributed by atoms with Crippen LogP contribution < -0.4 is 10.6 Å². The van der Waals surface area contributed by atoms with Crippen molar-refractivity contribution < 1.29 is 9.18 Å². The van der Waals surface area contributed by atoms with Crippen molar-refractivity contribution in [1.29, 1.82) is 0 Å². The van der Waals surface area contributed by atoms with Gasteiger partial charge in [0.05, 0.1) is 12.2 Å². The number of amides is 1. The van der Waals surface area contributed by atoms with Crippen LogP contribution in [-0.4, -0.2) is 16.9 Å². The number of anilines is 1. The molecular formula is C21H19FN4O. The highest BCUT2D eigenvalue weighted by Gasteiger charge is 2.10. The molecule has 0 aliphatic heterocycles. The minimum Gasteiger partial charge on any atom is -0.326 e. The summed E-state index contributed by atoms with van der Waals surface area (Å²) in [7, 11) is 0. The number of aromatic nitrogens is 1. The fourth-order valence-electron chi connectivity index (χ4n) is 2.40. The first-order chi connectivity index (χ1) is 13.1. The predicted octanol–water partition coefficient (Wildman–Crippen LogP) is 3.93. The summed E-state index contributed by atoms with van der Waals surface area (Å²) < 4.78 is 13.1. The molecular weight excluding hydrogens is 343 g/mol. The molecule has 0 bridgehead atoms. The first-order valence-corrected chi connectivity index (χ1v) is 8.45. The highest BCUT2D eigenvalue weighted by Crippen LogP contribution is 2.10. The van der Waals surface area contributed by atoms with Gasteiger partial charge in [0, 0.05) is 17.4 Å². The molecule has 0 saturated carbocycles. The molecule has 2 aromatic carbocycles. The Morgan fingerprint density at radius 2 is 1.89 bits per heavy atom. The summed E-state index contributed by atoms with van der Waals surface area (Å²) in [6.07, 6.45) is 1.69. The molecule has 3 rings (SSSR count). The van der Waals surface area contributed by atoms with E-state index in [1.807, 2.05) is 49.4 Å². The van der Waals surface area contributed by atoms with Gasteiger partial charge < -0.3 is 5.32 Å². The third-order valence-electron chi connectivity index (χ3n) is 3.74. The fourth-order valence-corrected chi connectivity index (χ4v) is 2.40. The molecule has 0 aliphatic rings. The quantitative estimate of drug-likeness (QED) is 0.546. The number of hydrogen-bond donors (Lipinski definition) is 2. The summed E-state index contributed by atoms with van der Waals surface area (Å²) in [6, 6.07) is 18.6. The van der Waals surface area contributed by atoms with Gasteiger partial charge in [0.25, 0.3) is 5.91 Å². The molecule has 136 valence electrons. The van der Waals surface area contributed by atoms with Crippen LogP contribution in [0.3, 0.4) is 0 Å². The number of aryl methyl sites for hydroxylation is 1. The average molecular weight is 362 g/mol. The monoisotopic (exact) mass is 362 g/mol. The number of nitrogens with zero attached hydrogens (tertiary/aromatic N) is 2. The molecule has 0 spiro atoms. The van der Waals surface area contributed by atoms with Gasteiger partial charge in [0.1, 0.15) is 5.82 Å². The van der Waals surface area contributed by atoms with Gasteiger partial charge in [-0.05, 0) is 61.0 Å². The number of benzene rings is 2. The number of rotatable bonds is 4. The Hall–Kier alpha value is -3.54. The predicted molar refractivity (Wildman–Crippen MR) is 104 cm³/mol. The topological polar surface area (TPSA) is 66.4 Å². The normalized spacial score (nSPS) is 11.1.